The SMILES string of the molecule is COc1nc(SC)nc2c1C(=O)CC(C)N2Cc1ccccc1. The third-order valence-corrected chi connectivity index (χ3v) is 4.52. The van der Waals surface area contributed by atoms with Crippen LogP contribution >= 0.6 is 11.8 Å². The van der Waals surface area contributed by atoms with Crippen LogP contribution in [0.3, 0.4) is 0 Å². The maximum absolute atomic E-state index is 12.5. The zero-order valence-electron chi connectivity index (χ0n) is 13.4. The number of fused-ring (bicyclic) bond motifs is 1. The van der Waals surface area contributed by atoms with E-state index in [-0.39, 0.29) is 11.8 Å². The van der Waals surface area contributed by atoms with Gasteiger partial charge in [-0.1, -0.05) is 42.1 Å². The fourth-order valence-electron chi connectivity index (χ4n) is 2.80. The van der Waals surface area contributed by atoms with Crippen molar-refractivity contribution >= 4 is 23.4 Å². The molecule has 1 aromatic heterocycles. The first-order chi connectivity index (χ1) is 11.1. The Morgan fingerprint density at radius 2 is 2.04 bits per heavy atom. The van der Waals surface area contributed by atoms with E-state index in [1.807, 2.05) is 24.5 Å². The Morgan fingerprint density at radius 1 is 1.30 bits per heavy atom. The number of ketones is 1. The Morgan fingerprint density at radius 3 is 2.70 bits per heavy atom. The highest BCUT2D eigenvalue weighted by Gasteiger charge is 2.34. The molecule has 0 fully saturated rings. The van der Waals surface area contributed by atoms with Gasteiger partial charge in [0.15, 0.2) is 10.9 Å². The van der Waals surface area contributed by atoms with Crippen LogP contribution in [0.2, 0.25) is 0 Å². The summed E-state index contributed by atoms with van der Waals surface area (Å²) in [6, 6.07) is 10.3. The van der Waals surface area contributed by atoms with Gasteiger partial charge in [0.2, 0.25) is 5.88 Å². The maximum atomic E-state index is 12.5. The van der Waals surface area contributed by atoms with Crippen LogP contribution in [0, 0.1) is 0 Å². The fraction of sp³-hybridized carbons (Fsp3) is 0.353. The van der Waals surface area contributed by atoms with Crippen molar-refractivity contribution in [2.75, 3.05) is 18.3 Å². The average molecular weight is 329 g/mol. The van der Waals surface area contributed by atoms with Crippen molar-refractivity contribution < 1.29 is 9.53 Å². The number of anilines is 1. The molecule has 0 N–H and O–H groups in total. The van der Waals surface area contributed by atoms with Gasteiger partial charge in [-0.2, -0.15) is 4.98 Å². The van der Waals surface area contributed by atoms with E-state index < -0.39 is 0 Å². The van der Waals surface area contributed by atoms with E-state index in [0.29, 0.717) is 35.4 Å². The zero-order valence-corrected chi connectivity index (χ0v) is 14.3. The van der Waals surface area contributed by atoms with Gasteiger partial charge in [0.05, 0.1) is 7.11 Å². The molecule has 1 aliphatic rings. The van der Waals surface area contributed by atoms with E-state index in [1.54, 1.807) is 7.11 Å². The summed E-state index contributed by atoms with van der Waals surface area (Å²) in [6.07, 6.45) is 2.36. The van der Waals surface area contributed by atoms with E-state index in [4.69, 9.17) is 4.74 Å². The highest BCUT2D eigenvalue weighted by Crippen LogP contribution is 2.36. The lowest BCUT2D eigenvalue weighted by Crippen LogP contribution is -2.40. The number of methoxy groups -OCH3 is 1. The molecular formula is C17H19N3O2S. The van der Waals surface area contributed by atoms with Gasteiger partial charge in [-0.3, -0.25) is 4.79 Å². The summed E-state index contributed by atoms with van der Waals surface area (Å²) in [5.41, 5.74) is 1.68. The van der Waals surface area contributed by atoms with Gasteiger partial charge in [-0.25, -0.2) is 4.98 Å². The molecule has 1 unspecified atom stereocenters. The van der Waals surface area contributed by atoms with E-state index in [0.717, 1.165) is 0 Å². The van der Waals surface area contributed by atoms with E-state index in [1.165, 1.54) is 17.3 Å². The van der Waals surface area contributed by atoms with Crippen molar-refractivity contribution in [2.45, 2.75) is 31.1 Å². The van der Waals surface area contributed by atoms with Crippen LogP contribution in [0.1, 0.15) is 29.3 Å². The first kappa shape index (κ1) is 15.8. The number of aromatic nitrogens is 2. The monoisotopic (exact) mass is 329 g/mol. The minimum Gasteiger partial charge on any atom is -0.480 e. The molecule has 6 heteroatoms. The predicted octanol–water partition coefficient (Wildman–Crippen LogP) is 3.19. The molecule has 0 radical (unpaired) electrons. The molecule has 1 aromatic carbocycles. The summed E-state index contributed by atoms with van der Waals surface area (Å²) in [6.45, 7) is 2.76. The molecule has 0 bridgehead atoms. The third kappa shape index (κ3) is 3.03. The molecule has 0 saturated heterocycles. The first-order valence-electron chi connectivity index (χ1n) is 7.47. The maximum Gasteiger partial charge on any atom is 0.230 e. The van der Waals surface area contributed by atoms with E-state index in [2.05, 4.69) is 33.9 Å². The molecule has 0 aliphatic carbocycles. The van der Waals surface area contributed by atoms with Crippen LogP contribution in [-0.4, -0.2) is 35.2 Å². The Hall–Kier alpha value is -2.08. The summed E-state index contributed by atoms with van der Waals surface area (Å²) >= 11 is 1.44. The van der Waals surface area contributed by atoms with Crippen LogP contribution in [0.4, 0.5) is 5.82 Å². The number of nitrogens with zero attached hydrogens (tertiary/aromatic N) is 3. The number of rotatable bonds is 4. The summed E-state index contributed by atoms with van der Waals surface area (Å²) < 4.78 is 5.35. The van der Waals surface area contributed by atoms with Gasteiger partial charge < -0.3 is 9.64 Å². The first-order valence-corrected chi connectivity index (χ1v) is 8.70. The predicted molar refractivity (Wildman–Crippen MR) is 91.4 cm³/mol. The second-order valence-electron chi connectivity index (χ2n) is 5.51. The number of thioether (sulfide) groups is 1. The Kier molecular flexibility index (Phi) is 4.52. The van der Waals surface area contributed by atoms with Crippen LogP contribution in [-0.2, 0) is 6.54 Å². The Balaban J connectivity index is 2.08. The topological polar surface area (TPSA) is 55.3 Å². The molecule has 2 aromatic rings. The van der Waals surface area contributed by atoms with Crippen LogP contribution in [0.5, 0.6) is 5.88 Å². The number of hydrogen-bond acceptors (Lipinski definition) is 6. The molecular weight excluding hydrogens is 310 g/mol. The molecule has 5 nitrogen and oxygen atoms in total. The molecule has 0 amide bonds. The Bertz CT molecular complexity index is 721. The van der Waals surface area contributed by atoms with Gasteiger partial charge in [0.25, 0.3) is 0 Å². The second kappa shape index (κ2) is 6.58. The zero-order chi connectivity index (χ0) is 16.4. The summed E-state index contributed by atoms with van der Waals surface area (Å²) in [7, 11) is 1.54. The molecule has 0 spiro atoms. The molecule has 0 saturated carbocycles. The lowest BCUT2D eigenvalue weighted by Gasteiger charge is -2.35. The minimum absolute atomic E-state index is 0.0429. The van der Waals surface area contributed by atoms with Gasteiger partial charge in [0.1, 0.15) is 11.4 Å². The molecule has 120 valence electrons. The summed E-state index contributed by atoms with van der Waals surface area (Å²) in [4.78, 5) is 23.6. The highest BCUT2D eigenvalue weighted by molar-refractivity contribution is 7.98. The fourth-order valence-corrected chi connectivity index (χ4v) is 3.15. The van der Waals surface area contributed by atoms with Gasteiger partial charge >= 0.3 is 0 Å². The van der Waals surface area contributed by atoms with Gasteiger partial charge in [-0.15, -0.1) is 0 Å². The number of benzene rings is 1. The molecule has 23 heavy (non-hydrogen) atoms. The number of hydrogen-bond donors (Lipinski definition) is 0. The normalized spacial score (nSPS) is 17.1. The summed E-state index contributed by atoms with van der Waals surface area (Å²) in [5, 5.41) is 0.612. The van der Waals surface area contributed by atoms with Crippen LogP contribution in [0.25, 0.3) is 0 Å². The van der Waals surface area contributed by atoms with Crippen molar-refractivity contribution in [1.29, 1.82) is 0 Å². The number of carbonyl (C=O) groups is 1. The van der Waals surface area contributed by atoms with Crippen molar-refractivity contribution in [3.8, 4) is 5.88 Å². The third-order valence-electron chi connectivity index (χ3n) is 3.97. The minimum atomic E-state index is 0.0429. The van der Waals surface area contributed by atoms with Crippen molar-refractivity contribution in [2.24, 2.45) is 0 Å². The number of ether oxygens (including phenoxy) is 1. The van der Waals surface area contributed by atoms with E-state index in [9.17, 15) is 4.79 Å². The molecule has 3 rings (SSSR count). The standard InChI is InChI=1S/C17H19N3O2S/c1-11-9-13(21)14-15(18-17(23-3)19-16(14)22-2)20(11)10-12-7-5-4-6-8-12/h4-8,11H,9-10H2,1-3H3. The summed E-state index contributed by atoms with van der Waals surface area (Å²) in [5.74, 6) is 1.09. The quantitative estimate of drug-likeness (QED) is 0.634. The number of carbonyl (C=O) groups excluding carboxylic acids is 1. The average Bonchev–Trinajstić information content (AvgIpc) is 2.58. The second-order valence-corrected chi connectivity index (χ2v) is 6.28. The lowest BCUT2D eigenvalue weighted by atomic mass is 9.98. The Labute approximate surface area is 140 Å². The highest BCUT2D eigenvalue weighted by atomic mass is 32.2. The smallest absolute Gasteiger partial charge is 0.230 e. The molecule has 1 aliphatic heterocycles. The van der Waals surface area contributed by atoms with Gasteiger partial charge in [0, 0.05) is 19.0 Å². The van der Waals surface area contributed by atoms with Crippen molar-refractivity contribution in [3.05, 3.63) is 41.5 Å². The lowest BCUT2D eigenvalue weighted by molar-refractivity contribution is 0.0963. The van der Waals surface area contributed by atoms with Crippen LogP contribution < -0.4 is 9.64 Å². The van der Waals surface area contributed by atoms with Gasteiger partial charge in [-0.05, 0) is 18.7 Å². The van der Waals surface area contributed by atoms with Crippen molar-refractivity contribution in [3.63, 3.8) is 0 Å². The number of Topliss-reactive ketones (excluding diaryl/α,β-unsaturated/α-hetero) is 1. The van der Waals surface area contributed by atoms with E-state index >= 15 is 0 Å². The van der Waals surface area contributed by atoms with Crippen LogP contribution in [0.15, 0.2) is 35.5 Å². The largest absolute Gasteiger partial charge is 0.480 e. The molecule has 1 atom stereocenters. The van der Waals surface area contributed by atoms with Crippen molar-refractivity contribution in [1.82, 2.24) is 9.97 Å². The molecule has 2 heterocycles.